The normalized spacial score (nSPS) is 11.9. The molecule has 8 heteroatoms. The molecule has 0 aliphatic rings. The Morgan fingerprint density at radius 2 is 0.712 bits per heavy atom. The average molecular weight is 892 g/mol. The van der Waals surface area contributed by atoms with Crippen LogP contribution in [0.2, 0.25) is 0 Å². The third-order valence-electron chi connectivity index (χ3n) is 10.2. The smallest absolute Gasteiger partial charge is 0.171 e. The van der Waals surface area contributed by atoms with Gasteiger partial charge in [0.25, 0.3) is 0 Å². The predicted octanol–water partition coefficient (Wildman–Crippen LogP) is 10.8. The van der Waals surface area contributed by atoms with Crippen LogP contribution in [-0.2, 0) is 58.2 Å². The SMILES string of the molecule is CC(C)(C)c1cc(-c2cccc(-c3cc(C(C)(C)C)cc(C(C)(C)C)c3[O-])n2)c([O-])c(C(C)(C)C)c1.O=P(c1ccccc1)(c1ccccc1)c1ccccc1.[Mo].[O-2].[O-2]. The molecular weight excluding hydrogens is 833 g/mol. The van der Waals surface area contributed by atoms with E-state index in [0.29, 0.717) is 22.5 Å². The van der Waals surface area contributed by atoms with Gasteiger partial charge in [-0.2, -0.15) is 0 Å². The van der Waals surface area contributed by atoms with E-state index in [4.69, 9.17) is 4.98 Å². The minimum atomic E-state index is -2.78. The molecule has 0 atom stereocenters. The molecule has 0 saturated carbocycles. The van der Waals surface area contributed by atoms with Gasteiger partial charge in [0, 0.05) is 37.0 Å². The Morgan fingerprint density at radius 3 is 0.966 bits per heavy atom. The maximum Gasteiger partial charge on any atom is 0.171 e. The van der Waals surface area contributed by atoms with E-state index in [1.165, 1.54) is 0 Å². The molecule has 0 aliphatic heterocycles. The Hall–Kier alpha value is -4.31. The van der Waals surface area contributed by atoms with E-state index < -0.39 is 7.14 Å². The topological polar surface area (TPSA) is 133 Å². The molecule has 0 aliphatic carbocycles. The maximum atomic E-state index is 13.8. The van der Waals surface area contributed by atoms with Gasteiger partial charge in [0.05, 0.1) is 11.4 Å². The Labute approximate surface area is 367 Å². The van der Waals surface area contributed by atoms with Crippen molar-refractivity contribution in [3.8, 4) is 34.0 Å². The fourth-order valence-corrected chi connectivity index (χ4v) is 9.38. The fraction of sp³-hybridized carbons (Fsp3) is 0.314. The second kappa shape index (κ2) is 19.4. The molecule has 314 valence electrons. The average Bonchev–Trinajstić information content (AvgIpc) is 3.14. The molecule has 0 fully saturated rings. The van der Waals surface area contributed by atoms with Crippen molar-refractivity contribution in [3.63, 3.8) is 0 Å². The van der Waals surface area contributed by atoms with Crippen molar-refractivity contribution in [2.24, 2.45) is 0 Å². The van der Waals surface area contributed by atoms with Crippen LogP contribution in [0.1, 0.15) is 105 Å². The monoisotopic (exact) mass is 893 g/mol. The molecule has 5 aromatic carbocycles. The summed E-state index contributed by atoms with van der Waals surface area (Å²) in [5.74, 6) is 0.00244. The van der Waals surface area contributed by atoms with Crippen molar-refractivity contribution in [2.75, 3.05) is 0 Å². The Balaban J connectivity index is 0.000000443. The van der Waals surface area contributed by atoms with Crippen molar-refractivity contribution < 1.29 is 46.8 Å². The number of hydrogen-bond acceptors (Lipinski definition) is 4. The summed E-state index contributed by atoms with van der Waals surface area (Å²) < 4.78 is 13.8. The summed E-state index contributed by atoms with van der Waals surface area (Å²) in [6.07, 6.45) is 0. The first-order valence-electron chi connectivity index (χ1n) is 19.5. The van der Waals surface area contributed by atoms with Crippen LogP contribution in [0.3, 0.4) is 0 Å². The molecule has 0 radical (unpaired) electrons. The molecule has 6 nitrogen and oxygen atoms in total. The molecule has 6 aromatic rings. The van der Waals surface area contributed by atoms with Gasteiger partial charge in [-0.15, -0.1) is 0 Å². The molecule has 0 amide bonds. The number of aromatic nitrogens is 1. The number of nitrogens with zero attached hydrogens (tertiary/aromatic N) is 1. The van der Waals surface area contributed by atoms with Gasteiger partial charge < -0.3 is 25.7 Å². The van der Waals surface area contributed by atoms with Crippen molar-refractivity contribution >= 4 is 23.1 Å². The number of benzene rings is 5. The Bertz CT molecular complexity index is 2140. The van der Waals surface area contributed by atoms with Gasteiger partial charge in [0.15, 0.2) is 7.14 Å². The van der Waals surface area contributed by atoms with E-state index in [-0.39, 0.29) is 65.2 Å². The molecular formula is C51H58MoNO5P-6. The quantitative estimate of drug-likeness (QED) is 0.126. The van der Waals surface area contributed by atoms with E-state index in [1.54, 1.807) is 0 Å². The molecule has 0 spiro atoms. The number of hydrogen-bond donors (Lipinski definition) is 0. The fourth-order valence-electron chi connectivity index (χ4n) is 6.71. The van der Waals surface area contributed by atoms with E-state index in [2.05, 4.69) is 83.1 Å². The molecule has 0 bridgehead atoms. The van der Waals surface area contributed by atoms with Crippen LogP contribution in [0, 0.1) is 0 Å². The first kappa shape index (κ1) is 50.8. The third kappa shape index (κ3) is 11.5. The summed E-state index contributed by atoms with van der Waals surface area (Å²) in [5.41, 5.74) is 5.32. The number of pyridine rings is 1. The van der Waals surface area contributed by atoms with Gasteiger partial charge in [-0.05, 0) is 79.3 Å². The summed E-state index contributed by atoms with van der Waals surface area (Å²) in [7, 11) is -2.78. The van der Waals surface area contributed by atoms with Crippen LogP contribution >= 0.6 is 7.14 Å². The first-order valence-corrected chi connectivity index (χ1v) is 21.2. The second-order valence-corrected chi connectivity index (χ2v) is 21.6. The zero-order valence-corrected chi connectivity index (χ0v) is 39.4. The molecule has 1 heterocycles. The van der Waals surface area contributed by atoms with Crippen LogP contribution in [0.15, 0.2) is 133 Å². The van der Waals surface area contributed by atoms with Crippen LogP contribution in [-0.4, -0.2) is 4.98 Å². The van der Waals surface area contributed by atoms with E-state index in [1.807, 2.05) is 133 Å². The van der Waals surface area contributed by atoms with Gasteiger partial charge >= 0.3 is 0 Å². The minimum Gasteiger partial charge on any atom is -2.00 e. The minimum absolute atomic E-state index is 0. The van der Waals surface area contributed by atoms with E-state index in [0.717, 1.165) is 38.2 Å². The first-order chi connectivity index (χ1) is 26.0. The van der Waals surface area contributed by atoms with E-state index >= 15 is 0 Å². The summed E-state index contributed by atoms with van der Waals surface area (Å²) in [6, 6.07) is 42.9. The zero-order chi connectivity index (χ0) is 41.3. The molecule has 59 heavy (non-hydrogen) atoms. The van der Waals surface area contributed by atoms with Gasteiger partial charge in [-0.1, -0.05) is 204 Å². The van der Waals surface area contributed by atoms with Crippen molar-refractivity contribution in [3.05, 3.63) is 156 Å². The van der Waals surface area contributed by atoms with Gasteiger partial charge in [-0.3, -0.25) is 0 Å². The van der Waals surface area contributed by atoms with Crippen molar-refractivity contribution in [1.82, 2.24) is 4.98 Å². The van der Waals surface area contributed by atoms with Crippen molar-refractivity contribution in [2.45, 2.75) is 105 Å². The van der Waals surface area contributed by atoms with Crippen LogP contribution in [0.4, 0.5) is 0 Å². The molecule has 0 unspecified atom stereocenters. The largest absolute Gasteiger partial charge is 2.00 e. The van der Waals surface area contributed by atoms with Gasteiger partial charge in [0.2, 0.25) is 0 Å². The third-order valence-corrected chi connectivity index (χ3v) is 13.3. The molecule has 0 N–H and O–H groups in total. The molecule has 1 aromatic heterocycles. The van der Waals surface area contributed by atoms with E-state index in [9.17, 15) is 14.8 Å². The van der Waals surface area contributed by atoms with Crippen molar-refractivity contribution in [1.29, 1.82) is 0 Å². The maximum absolute atomic E-state index is 13.8. The standard InChI is InChI=1S/C33H45NO2.C18H15OP.Mo.2O/c1-30(2,3)20-16-22(28(35)24(18-20)32(7,8)9)26-14-13-15-27(34-26)23-17-21(31(4,5)6)19-25(29(23)36)33(10,11)12;19-20(16-10-4-1-5-11-16,17-12-6-2-7-13-17)18-14-8-3-9-15-18;;;/h13-19,35-36H,1-12H3;1-15H;;;/q;;;2*-2/p-2. The Kier molecular flexibility index (Phi) is 16.7. The van der Waals surface area contributed by atoms with Crippen LogP contribution < -0.4 is 26.1 Å². The van der Waals surface area contributed by atoms with Crippen LogP contribution in [0.5, 0.6) is 11.5 Å². The summed E-state index contributed by atoms with van der Waals surface area (Å²) in [5, 5.41) is 30.0. The molecule has 0 saturated heterocycles. The Morgan fingerprint density at radius 1 is 0.424 bits per heavy atom. The van der Waals surface area contributed by atoms with Gasteiger partial charge in [-0.25, -0.2) is 4.98 Å². The second-order valence-electron chi connectivity index (χ2n) is 18.8. The zero-order valence-electron chi connectivity index (χ0n) is 36.5. The molecule has 6 rings (SSSR count). The summed E-state index contributed by atoms with van der Waals surface area (Å²) >= 11 is 0. The summed E-state index contributed by atoms with van der Waals surface area (Å²) in [6.45, 7) is 25.3. The predicted molar refractivity (Wildman–Crippen MR) is 236 cm³/mol. The van der Waals surface area contributed by atoms with Crippen LogP contribution in [0.25, 0.3) is 22.5 Å². The van der Waals surface area contributed by atoms with Gasteiger partial charge in [0.1, 0.15) is 0 Å². The summed E-state index contributed by atoms with van der Waals surface area (Å²) in [4.78, 5) is 4.93. The number of rotatable bonds is 5.